The highest BCUT2D eigenvalue weighted by Crippen LogP contribution is 2.27. The van der Waals surface area contributed by atoms with E-state index in [2.05, 4.69) is 19.9 Å². The summed E-state index contributed by atoms with van der Waals surface area (Å²) in [6.45, 7) is 1.44. The molecular weight excluding hydrogens is 384 g/mol. The van der Waals surface area contributed by atoms with Crippen molar-refractivity contribution in [3.05, 3.63) is 53.0 Å². The van der Waals surface area contributed by atoms with Crippen LogP contribution in [-0.2, 0) is 4.79 Å². The van der Waals surface area contributed by atoms with Gasteiger partial charge in [0, 0.05) is 18.1 Å². The van der Waals surface area contributed by atoms with Gasteiger partial charge in [-0.2, -0.15) is 0 Å². The summed E-state index contributed by atoms with van der Waals surface area (Å²) in [7, 11) is 0. The second kappa shape index (κ2) is 9.01. The molecule has 0 N–H and O–H groups in total. The fourth-order valence-electron chi connectivity index (χ4n) is 2.66. The second-order valence-corrected chi connectivity index (χ2v) is 7.52. The molecule has 6 nitrogen and oxygen atoms in total. The smallest absolute Gasteiger partial charge is 0.185 e. The van der Waals surface area contributed by atoms with Crippen LogP contribution in [0.2, 0.25) is 0 Å². The Morgan fingerprint density at radius 2 is 1.67 bits per heavy atom. The van der Waals surface area contributed by atoms with E-state index in [1.54, 1.807) is 24.5 Å². The third-order valence-corrected chi connectivity index (χ3v) is 4.95. The molecule has 3 rings (SSSR count). The van der Waals surface area contributed by atoms with Gasteiger partial charge in [0.25, 0.3) is 0 Å². The number of rotatable bonds is 5. The molecule has 0 unspecified atom stereocenters. The quantitative estimate of drug-likeness (QED) is 0.324. The molecule has 1 aliphatic carbocycles. The van der Waals surface area contributed by atoms with E-state index < -0.39 is 0 Å². The van der Waals surface area contributed by atoms with Crippen LogP contribution in [0.15, 0.2) is 41.0 Å². The van der Waals surface area contributed by atoms with Gasteiger partial charge in [-0.3, -0.25) is 19.6 Å². The monoisotopic (exact) mass is 400 g/mol. The Morgan fingerprint density at radius 1 is 1.04 bits per heavy atom. The molecule has 27 heavy (non-hydrogen) atoms. The van der Waals surface area contributed by atoms with Crippen LogP contribution in [0.5, 0.6) is 0 Å². The fraction of sp³-hybridized carbons (Fsp3) is 0.263. The van der Waals surface area contributed by atoms with Crippen LogP contribution in [0, 0.1) is 0 Å². The topological polar surface area (TPSA) is 85.7 Å². The first-order valence-corrected chi connectivity index (χ1v) is 9.88. The molecule has 2 aromatic heterocycles. The lowest BCUT2D eigenvalue weighted by molar-refractivity contribution is -0.112. The summed E-state index contributed by atoms with van der Waals surface area (Å²) in [5.74, 6) is -0.156. The van der Waals surface area contributed by atoms with E-state index in [0.717, 1.165) is 11.4 Å². The lowest BCUT2D eigenvalue weighted by Gasteiger charge is -2.16. The van der Waals surface area contributed by atoms with E-state index in [4.69, 9.17) is 11.6 Å². The van der Waals surface area contributed by atoms with Gasteiger partial charge in [0.05, 0.1) is 41.4 Å². The van der Waals surface area contributed by atoms with Crippen molar-refractivity contribution in [1.82, 2.24) is 19.9 Å². The number of halogens is 1. The minimum absolute atomic E-state index is 0.0142. The predicted molar refractivity (Wildman–Crippen MR) is 105 cm³/mol. The molecule has 1 aliphatic rings. The zero-order valence-corrected chi connectivity index (χ0v) is 16.3. The standard InChI is InChI=1S/C19H17ClN4O2S/c1-12(25)17-9-21-15(7-23-17)5-13-3-2-4-14(19(13)26)6-16-8-24-18(10-22-16)27-11-20/h5-10H,2-4,11H2,1H3/b13-5+,14-6+. The van der Waals surface area contributed by atoms with Crippen molar-refractivity contribution >= 4 is 47.1 Å². The molecule has 138 valence electrons. The summed E-state index contributed by atoms with van der Waals surface area (Å²) in [6.07, 6.45) is 12.0. The molecule has 2 aromatic rings. The molecule has 0 saturated heterocycles. The maximum absolute atomic E-state index is 12.8. The van der Waals surface area contributed by atoms with Crippen molar-refractivity contribution in [2.24, 2.45) is 0 Å². The highest BCUT2D eigenvalue weighted by Gasteiger charge is 2.21. The van der Waals surface area contributed by atoms with Crippen LogP contribution in [0.25, 0.3) is 12.2 Å². The molecule has 0 radical (unpaired) electrons. The zero-order chi connectivity index (χ0) is 19.2. The van der Waals surface area contributed by atoms with Crippen LogP contribution in [0.4, 0.5) is 0 Å². The lowest BCUT2D eigenvalue weighted by atomic mass is 9.88. The van der Waals surface area contributed by atoms with E-state index in [9.17, 15) is 9.59 Å². The molecule has 0 atom stereocenters. The Morgan fingerprint density at radius 3 is 2.15 bits per heavy atom. The van der Waals surface area contributed by atoms with Crippen molar-refractivity contribution in [3.63, 3.8) is 0 Å². The zero-order valence-electron chi connectivity index (χ0n) is 14.7. The molecule has 0 amide bonds. The van der Waals surface area contributed by atoms with E-state index in [-0.39, 0.29) is 11.6 Å². The Bertz CT molecular complexity index is 908. The van der Waals surface area contributed by atoms with Crippen LogP contribution in [0.1, 0.15) is 48.1 Å². The van der Waals surface area contributed by atoms with Gasteiger partial charge in [-0.25, -0.2) is 9.97 Å². The summed E-state index contributed by atoms with van der Waals surface area (Å²) < 4.78 is 0. The molecule has 0 aromatic carbocycles. The summed E-state index contributed by atoms with van der Waals surface area (Å²) in [5.41, 5.74) is 2.89. The van der Waals surface area contributed by atoms with Crippen molar-refractivity contribution in [2.45, 2.75) is 31.2 Å². The van der Waals surface area contributed by atoms with Crippen LogP contribution in [0.3, 0.4) is 0 Å². The number of hydrogen-bond donors (Lipinski definition) is 0. The summed E-state index contributed by atoms with van der Waals surface area (Å²) in [5, 5.41) is 1.16. The Hall–Kier alpha value is -2.38. The average Bonchev–Trinajstić information content (AvgIpc) is 2.67. The van der Waals surface area contributed by atoms with Gasteiger partial charge in [-0.15, -0.1) is 11.6 Å². The number of alkyl halides is 1. The second-order valence-electron chi connectivity index (χ2n) is 5.94. The first-order chi connectivity index (χ1) is 13.1. The largest absolute Gasteiger partial charge is 0.293 e. The van der Waals surface area contributed by atoms with Gasteiger partial charge in [0.1, 0.15) is 10.7 Å². The summed E-state index contributed by atoms with van der Waals surface area (Å²) >= 11 is 7.06. The van der Waals surface area contributed by atoms with Gasteiger partial charge in [-0.1, -0.05) is 11.8 Å². The highest BCUT2D eigenvalue weighted by atomic mass is 35.5. The number of hydrogen-bond acceptors (Lipinski definition) is 7. The third kappa shape index (κ3) is 5.08. The van der Waals surface area contributed by atoms with Crippen LogP contribution < -0.4 is 0 Å². The molecule has 0 aliphatic heterocycles. The maximum Gasteiger partial charge on any atom is 0.185 e. The Kier molecular flexibility index (Phi) is 6.47. The molecule has 1 fully saturated rings. The predicted octanol–water partition coefficient (Wildman–Crippen LogP) is 3.98. The number of thioether (sulfide) groups is 1. The van der Waals surface area contributed by atoms with E-state index in [1.165, 1.54) is 31.1 Å². The van der Waals surface area contributed by atoms with Crippen molar-refractivity contribution in [2.75, 3.05) is 5.21 Å². The van der Waals surface area contributed by atoms with Gasteiger partial charge < -0.3 is 0 Å². The SMILES string of the molecule is CC(=O)c1cnc(/C=C2\CCC/C(=C\c3cnc(SCCl)cn3)C2=O)cn1. The molecule has 2 heterocycles. The van der Waals surface area contributed by atoms with Gasteiger partial charge >= 0.3 is 0 Å². The van der Waals surface area contributed by atoms with E-state index in [0.29, 0.717) is 46.3 Å². The van der Waals surface area contributed by atoms with Gasteiger partial charge in [-0.05, 0) is 31.4 Å². The van der Waals surface area contributed by atoms with Crippen LogP contribution in [-0.4, -0.2) is 36.7 Å². The van der Waals surface area contributed by atoms with Gasteiger partial charge in [0.15, 0.2) is 11.6 Å². The molecule has 1 saturated carbocycles. The Labute approximate surface area is 166 Å². The first kappa shape index (κ1) is 19.4. The summed E-state index contributed by atoms with van der Waals surface area (Å²) in [4.78, 5) is 40.9. The minimum Gasteiger partial charge on any atom is -0.293 e. The van der Waals surface area contributed by atoms with Gasteiger partial charge in [0.2, 0.25) is 0 Å². The number of aromatic nitrogens is 4. The first-order valence-electron chi connectivity index (χ1n) is 8.36. The van der Waals surface area contributed by atoms with Crippen LogP contribution >= 0.6 is 23.4 Å². The highest BCUT2D eigenvalue weighted by molar-refractivity contribution is 8.00. The minimum atomic E-state index is -0.141. The van der Waals surface area contributed by atoms with E-state index in [1.807, 2.05) is 0 Å². The van der Waals surface area contributed by atoms with E-state index >= 15 is 0 Å². The van der Waals surface area contributed by atoms with Crippen molar-refractivity contribution in [1.29, 1.82) is 0 Å². The summed E-state index contributed by atoms with van der Waals surface area (Å²) in [6, 6.07) is 0. The molecule has 0 spiro atoms. The third-order valence-electron chi connectivity index (χ3n) is 4.00. The number of nitrogens with zero attached hydrogens (tertiary/aromatic N) is 4. The fourth-order valence-corrected chi connectivity index (χ4v) is 3.36. The normalized spacial score (nSPS) is 17.5. The average molecular weight is 401 g/mol. The van der Waals surface area contributed by atoms with Crippen molar-refractivity contribution in [3.8, 4) is 0 Å². The molecular formula is C19H17ClN4O2S. The molecule has 0 bridgehead atoms. The Balaban J connectivity index is 1.79. The lowest BCUT2D eigenvalue weighted by Crippen LogP contribution is -2.12. The number of carbonyl (C=O) groups is 2. The van der Waals surface area contributed by atoms with Crippen molar-refractivity contribution < 1.29 is 9.59 Å². The number of ketones is 2. The maximum atomic E-state index is 12.8. The number of Topliss-reactive ketones (excluding diaryl/α,β-unsaturated/α-hetero) is 2. The number of carbonyl (C=O) groups excluding carboxylic acids is 2. The number of allylic oxidation sites excluding steroid dienone is 2. The molecule has 8 heteroatoms.